The molecule has 0 aliphatic carbocycles. The molecule has 0 amide bonds. The van der Waals surface area contributed by atoms with Crippen molar-refractivity contribution >= 4 is 5.84 Å². The zero-order chi connectivity index (χ0) is 13.0. The molecule has 1 saturated heterocycles. The van der Waals surface area contributed by atoms with E-state index in [-0.39, 0.29) is 5.84 Å². The summed E-state index contributed by atoms with van der Waals surface area (Å²) in [5.41, 5.74) is 6.57. The summed E-state index contributed by atoms with van der Waals surface area (Å²) in [7, 11) is 0. The Morgan fingerprint density at radius 1 is 1.56 bits per heavy atom. The molecule has 1 aliphatic heterocycles. The Kier molecular flexibility index (Phi) is 4.11. The highest BCUT2D eigenvalue weighted by atomic mass is 19.1. The van der Waals surface area contributed by atoms with Crippen LogP contribution in [-0.4, -0.2) is 30.3 Å². The van der Waals surface area contributed by atoms with Gasteiger partial charge in [0.15, 0.2) is 5.84 Å². The second-order valence-corrected chi connectivity index (χ2v) is 4.27. The number of halogens is 1. The van der Waals surface area contributed by atoms with Crippen LogP contribution < -0.4 is 11.1 Å². The third-order valence-corrected chi connectivity index (χ3v) is 2.89. The van der Waals surface area contributed by atoms with Gasteiger partial charge in [-0.05, 0) is 30.2 Å². The highest BCUT2D eigenvalue weighted by molar-refractivity contribution is 5.97. The summed E-state index contributed by atoms with van der Waals surface area (Å²) in [6, 6.07) is 4.66. The average molecular weight is 253 g/mol. The largest absolute Gasteiger partial charge is 0.409 e. The van der Waals surface area contributed by atoms with E-state index in [0.717, 1.165) is 18.6 Å². The number of rotatable bonds is 4. The lowest BCUT2D eigenvalue weighted by atomic mass is 10.1. The zero-order valence-electron chi connectivity index (χ0n) is 9.90. The Bertz CT molecular complexity index is 445. The first-order chi connectivity index (χ1) is 8.69. The second kappa shape index (κ2) is 5.79. The van der Waals surface area contributed by atoms with Gasteiger partial charge < -0.3 is 21.0 Å². The van der Waals surface area contributed by atoms with Crippen molar-refractivity contribution in [2.75, 3.05) is 13.2 Å². The molecule has 1 aromatic rings. The van der Waals surface area contributed by atoms with Gasteiger partial charge in [0.05, 0.1) is 6.61 Å². The standard InChI is InChI=1S/C12H16FN3O2/c13-10-4-8(3-9(5-10)12(14)16-17)6-15-11-1-2-18-7-11/h3-5,11,15,17H,1-2,6-7H2,(H2,14,16). The van der Waals surface area contributed by atoms with E-state index >= 15 is 0 Å². The van der Waals surface area contributed by atoms with Crippen LogP contribution in [0.5, 0.6) is 0 Å². The van der Waals surface area contributed by atoms with Gasteiger partial charge in [0.1, 0.15) is 5.82 Å². The van der Waals surface area contributed by atoms with Gasteiger partial charge in [-0.2, -0.15) is 0 Å². The summed E-state index contributed by atoms with van der Waals surface area (Å²) >= 11 is 0. The first-order valence-corrected chi connectivity index (χ1v) is 5.77. The van der Waals surface area contributed by atoms with Crippen molar-refractivity contribution < 1.29 is 14.3 Å². The molecule has 18 heavy (non-hydrogen) atoms. The Labute approximate surface area is 104 Å². The number of hydrogen-bond donors (Lipinski definition) is 3. The Morgan fingerprint density at radius 2 is 2.39 bits per heavy atom. The first-order valence-electron chi connectivity index (χ1n) is 5.77. The summed E-state index contributed by atoms with van der Waals surface area (Å²) in [6.45, 7) is 1.97. The van der Waals surface area contributed by atoms with Crippen LogP contribution in [0.4, 0.5) is 4.39 Å². The van der Waals surface area contributed by atoms with Crippen LogP contribution in [0.2, 0.25) is 0 Å². The predicted molar refractivity (Wildman–Crippen MR) is 65.0 cm³/mol. The summed E-state index contributed by atoms with van der Waals surface area (Å²) in [5, 5.41) is 14.7. The summed E-state index contributed by atoms with van der Waals surface area (Å²) in [6.07, 6.45) is 0.961. The maximum absolute atomic E-state index is 13.4. The number of oxime groups is 1. The molecule has 1 aromatic carbocycles. The fourth-order valence-corrected chi connectivity index (χ4v) is 1.92. The molecule has 98 valence electrons. The third kappa shape index (κ3) is 3.18. The van der Waals surface area contributed by atoms with Gasteiger partial charge in [-0.25, -0.2) is 4.39 Å². The molecule has 1 atom stereocenters. The highest BCUT2D eigenvalue weighted by Gasteiger charge is 2.14. The molecule has 1 unspecified atom stereocenters. The fourth-order valence-electron chi connectivity index (χ4n) is 1.92. The van der Waals surface area contributed by atoms with Crippen molar-refractivity contribution in [2.45, 2.75) is 19.0 Å². The van der Waals surface area contributed by atoms with Crippen molar-refractivity contribution in [3.8, 4) is 0 Å². The van der Waals surface area contributed by atoms with Crippen LogP contribution in [0.1, 0.15) is 17.5 Å². The van der Waals surface area contributed by atoms with E-state index in [1.54, 1.807) is 6.07 Å². The number of nitrogens with one attached hydrogen (secondary N) is 1. The lowest BCUT2D eigenvalue weighted by molar-refractivity contribution is 0.190. The molecule has 0 bridgehead atoms. The van der Waals surface area contributed by atoms with Gasteiger partial charge >= 0.3 is 0 Å². The van der Waals surface area contributed by atoms with Crippen LogP contribution in [0.25, 0.3) is 0 Å². The molecular formula is C12H16FN3O2. The Morgan fingerprint density at radius 3 is 3.06 bits per heavy atom. The molecule has 6 heteroatoms. The van der Waals surface area contributed by atoms with Crippen LogP contribution in [0, 0.1) is 5.82 Å². The predicted octanol–water partition coefficient (Wildman–Crippen LogP) is 0.799. The highest BCUT2D eigenvalue weighted by Crippen LogP contribution is 2.11. The number of amidine groups is 1. The number of benzene rings is 1. The lowest BCUT2D eigenvalue weighted by Gasteiger charge is -2.11. The molecule has 2 rings (SSSR count). The summed E-state index contributed by atoms with van der Waals surface area (Å²) < 4.78 is 18.6. The third-order valence-electron chi connectivity index (χ3n) is 2.89. The van der Waals surface area contributed by atoms with Crippen LogP contribution in [-0.2, 0) is 11.3 Å². The van der Waals surface area contributed by atoms with E-state index in [2.05, 4.69) is 10.5 Å². The first kappa shape index (κ1) is 12.8. The number of ether oxygens (including phenoxy) is 1. The van der Waals surface area contributed by atoms with Crippen molar-refractivity contribution in [1.29, 1.82) is 0 Å². The van der Waals surface area contributed by atoms with Crippen molar-refractivity contribution in [1.82, 2.24) is 5.32 Å². The molecule has 1 heterocycles. The van der Waals surface area contributed by atoms with E-state index in [9.17, 15) is 4.39 Å². The average Bonchev–Trinajstić information content (AvgIpc) is 2.88. The maximum Gasteiger partial charge on any atom is 0.170 e. The normalized spacial score (nSPS) is 20.3. The number of hydrogen-bond acceptors (Lipinski definition) is 4. The van der Waals surface area contributed by atoms with Gasteiger partial charge in [0, 0.05) is 24.8 Å². The number of nitrogens with zero attached hydrogens (tertiary/aromatic N) is 1. The fraction of sp³-hybridized carbons (Fsp3) is 0.417. The minimum atomic E-state index is -0.404. The SMILES string of the molecule is N/C(=N/O)c1cc(F)cc(CNC2CCOC2)c1. The van der Waals surface area contributed by atoms with Crippen molar-refractivity contribution in [3.63, 3.8) is 0 Å². The van der Waals surface area contributed by atoms with Gasteiger partial charge in [0.25, 0.3) is 0 Å². The van der Waals surface area contributed by atoms with E-state index < -0.39 is 5.82 Å². The van der Waals surface area contributed by atoms with Gasteiger partial charge in [-0.3, -0.25) is 0 Å². The van der Waals surface area contributed by atoms with Crippen molar-refractivity contribution in [2.24, 2.45) is 10.9 Å². The van der Waals surface area contributed by atoms with Gasteiger partial charge in [-0.15, -0.1) is 0 Å². The van der Waals surface area contributed by atoms with Gasteiger partial charge in [0.2, 0.25) is 0 Å². The maximum atomic E-state index is 13.4. The van der Waals surface area contributed by atoms with Crippen LogP contribution in [0.3, 0.4) is 0 Å². The second-order valence-electron chi connectivity index (χ2n) is 4.27. The molecule has 5 nitrogen and oxygen atoms in total. The molecular weight excluding hydrogens is 237 g/mol. The molecule has 0 radical (unpaired) electrons. The molecule has 0 saturated carbocycles. The Balaban J connectivity index is 2.05. The minimum absolute atomic E-state index is 0.0973. The summed E-state index contributed by atoms with van der Waals surface area (Å²) in [4.78, 5) is 0. The lowest BCUT2D eigenvalue weighted by Crippen LogP contribution is -2.28. The van der Waals surface area contributed by atoms with Crippen LogP contribution in [0.15, 0.2) is 23.4 Å². The Hall–Kier alpha value is -1.66. The summed E-state index contributed by atoms with van der Waals surface area (Å²) in [5.74, 6) is -0.501. The van der Waals surface area contributed by atoms with E-state index in [0.29, 0.717) is 24.8 Å². The monoisotopic (exact) mass is 253 g/mol. The van der Waals surface area contributed by atoms with E-state index in [4.69, 9.17) is 15.7 Å². The zero-order valence-corrected chi connectivity index (χ0v) is 9.90. The minimum Gasteiger partial charge on any atom is -0.409 e. The number of nitrogens with two attached hydrogens (primary N) is 1. The quantitative estimate of drug-likeness (QED) is 0.321. The molecule has 1 aliphatic rings. The van der Waals surface area contributed by atoms with Crippen molar-refractivity contribution in [3.05, 3.63) is 35.1 Å². The molecule has 4 N–H and O–H groups in total. The van der Waals surface area contributed by atoms with Crippen LogP contribution >= 0.6 is 0 Å². The topological polar surface area (TPSA) is 79.9 Å². The smallest absolute Gasteiger partial charge is 0.170 e. The van der Waals surface area contributed by atoms with E-state index in [1.807, 2.05) is 0 Å². The van der Waals surface area contributed by atoms with Gasteiger partial charge in [-0.1, -0.05) is 5.16 Å². The molecule has 0 spiro atoms. The molecule has 1 fully saturated rings. The van der Waals surface area contributed by atoms with E-state index in [1.165, 1.54) is 12.1 Å². The molecule has 0 aromatic heterocycles.